The molecule has 95 valence electrons. The molecule has 18 heavy (non-hydrogen) atoms. The van der Waals surface area contributed by atoms with Gasteiger partial charge in [-0.15, -0.1) is 22.7 Å². The predicted octanol–water partition coefficient (Wildman–Crippen LogP) is 3.95. The van der Waals surface area contributed by atoms with Crippen LogP contribution in [0.2, 0.25) is 0 Å². The topological polar surface area (TPSA) is 20.3 Å². The molecule has 2 nitrogen and oxygen atoms in total. The Morgan fingerprint density at radius 2 is 1.67 bits per heavy atom. The minimum absolute atomic E-state index is 0.187. The van der Waals surface area contributed by atoms with E-state index in [0.29, 0.717) is 25.9 Å². The molecule has 2 aromatic rings. The summed E-state index contributed by atoms with van der Waals surface area (Å²) in [6.45, 7) is 5.17. The standard InChI is InChI=1S/C14H16NOS2/c1-2-5-14(16)15(10-12-6-3-8-17-12)11-13-7-4-9-18-13/h3-4,6-9H,1-2,5,10-11H2. The van der Waals surface area contributed by atoms with Gasteiger partial charge in [-0.1, -0.05) is 19.1 Å². The number of amides is 1. The molecule has 0 unspecified atom stereocenters. The minimum atomic E-state index is 0.187. The first-order valence-electron chi connectivity index (χ1n) is 5.91. The lowest BCUT2D eigenvalue weighted by atomic mass is 10.2. The van der Waals surface area contributed by atoms with Crippen LogP contribution in [0.25, 0.3) is 0 Å². The van der Waals surface area contributed by atoms with Gasteiger partial charge in [0.1, 0.15) is 0 Å². The smallest absolute Gasteiger partial charge is 0.223 e. The number of nitrogens with zero attached hydrogens (tertiary/aromatic N) is 1. The number of thiophene rings is 2. The van der Waals surface area contributed by atoms with Gasteiger partial charge in [-0.2, -0.15) is 0 Å². The third-order valence-electron chi connectivity index (χ3n) is 2.60. The van der Waals surface area contributed by atoms with E-state index in [1.807, 2.05) is 27.8 Å². The van der Waals surface area contributed by atoms with Gasteiger partial charge < -0.3 is 4.90 Å². The molecule has 0 aliphatic rings. The maximum Gasteiger partial charge on any atom is 0.223 e. The maximum atomic E-state index is 12.1. The Hall–Kier alpha value is -1.13. The van der Waals surface area contributed by atoms with Crippen LogP contribution in [0, 0.1) is 6.92 Å². The molecule has 2 rings (SSSR count). The Balaban J connectivity index is 2.04. The lowest BCUT2D eigenvalue weighted by Crippen LogP contribution is -2.29. The van der Waals surface area contributed by atoms with Crippen molar-refractivity contribution in [3.05, 3.63) is 51.7 Å². The summed E-state index contributed by atoms with van der Waals surface area (Å²) in [6, 6.07) is 8.19. The van der Waals surface area contributed by atoms with E-state index < -0.39 is 0 Å². The van der Waals surface area contributed by atoms with Gasteiger partial charge in [0.25, 0.3) is 0 Å². The fourth-order valence-corrected chi connectivity index (χ4v) is 3.16. The van der Waals surface area contributed by atoms with Gasteiger partial charge in [0, 0.05) is 16.2 Å². The Bertz CT molecular complexity index is 426. The highest BCUT2D eigenvalue weighted by Crippen LogP contribution is 2.18. The Kier molecular flexibility index (Phi) is 4.96. The number of carbonyl (C=O) groups is 1. The first-order chi connectivity index (χ1) is 8.79. The van der Waals surface area contributed by atoms with Crippen LogP contribution < -0.4 is 0 Å². The van der Waals surface area contributed by atoms with Gasteiger partial charge in [0.05, 0.1) is 13.1 Å². The molecule has 1 radical (unpaired) electrons. The zero-order valence-electron chi connectivity index (χ0n) is 10.2. The van der Waals surface area contributed by atoms with Gasteiger partial charge >= 0.3 is 0 Å². The quantitative estimate of drug-likeness (QED) is 0.783. The van der Waals surface area contributed by atoms with E-state index in [2.05, 4.69) is 19.1 Å². The molecule has 2 aromatic heterocycles. The second-order valence-electron chi connectivity index (χ2n) is 4.01. The van der Waals surface area contributed by atoms with Crippen molar-refractivity contribution in [2.45, 2.75) is 25.9 Å². The summed E-state index contributed by atoms with van der Waals surface area (Å²) in [6.07, 6.45) is 1.18. The van der Waals surface area contributed by atoms with E-state index in [1.165, 1.54) is 9.75 Å². The summed E-state index contributed by atoms with van der Waals surface area (Å²) in [4.78, 5) is 16.5. The molecule has 0 aliphatic heterocycles. The fourth-order valence-electron chi connectivity index (χ4n) is 1.72. The van der Waals surface area contributed by atoms with Crippen molar-refractivity contribution in [3.63, 3.8) is 0 Å². The zero-order chi connectivity index (χ0) is 12.8. The monoisotopic (exact) mass is 278 g/mol. The lowest BCUT2D eigenvalue weighted by Gasteiger charge is -2.21. The first kappa shape index (κ1) is 13.3. The molecule has 1 amide bonds. The van der Waals surface area contributed by atoms with Crippen LogP contribution in [0.5, 0.6) is 0 Å². The second-order valence-corrected chi connectivity index (χ2v) is 6.08. The lowest BCUT2D eigenvalue weighted by molar-refractivity contribution is -0.132. The molecule has 0 aliphatic carbocycles. The van der Waals surface area contributed by atoms with Crippen molar-refractivity contribution in [2.24, 2.45) is 0 Å². The molecular formula is C14H16NOS2. The second kappa shape index (κ2) is 6.71. The molecule has 0 aromatic carbocycles. The largest absolute Gasteiger partial charge is 0.332 e. The first-order valence-corrected chi connectivity index (χ1v) is 7.67. The van der Waals surface area contributed by atoms with Gasteiger partial charge in [-0.3, -0.25) is 4.79 Å². The molecule has 4 heteroatoms. The van der Waals surface area contributed by atoms with Crippen molar-refractivity contribution in [3.8, 4) is 0 Å². The number of hydrogen-bond donors (Lipinski definition) is 0. The van der Waals surface area contributed by atoms with E-state index in [9.17, 15) is 4.79 Å². The summed E-state index contributed by atoms with van der Waals surface area (Å²) in [5.74, 6) is 0.187. The van der Waals surface area contributed by atoms with E-state index in [4.69, 9.17) is 0 Å². The van der Waals surface area contributed by atoms with E-state index >= 15 is 0 Å². The normalized spacial score (nSPS) is 10.5. The van der Waals surface area contributed by atoms with Gasteiger partial charge in [0.15, 0.2) is 0 Å². The molecular weight excluding hydrogens is 262 g/mol. The molecule has 0 saturated carbocycles. The summed E-state index contributed by atoms with van der Waals surface area (Å²) in [5.41, 5.74) is 0. The average Bonchev–Trinajstić information content (AvgIpc) is 3.01. The highest BCUT2D eigenvalue weighted by Gasteiger charge is 2.14. The Morgan fingerprint density at radius 1 is 1.11 bits per heavy atom. The van der Waals surface area contributed by atoms with Crippen LogP contribution in [0.1, 0.15) is 22.6 Å². The molecule has 0 fully saturated rings. The highest BCUT2D eigenvalue weighted by atomic mass is 32.1. The van der Waals surface area contributed by atoms with Crippen LogP contribution in [-0.2, 0) is 17.9 Å². The van der Waals surface area contributed by atoms with Gasteiger partial charge in [0.2, 0.25) is 5.91 Å². The summed E-state index contributed by atoms with van der Waals surface area (Å²) >= 11 is 3.39. The Morgan fingerprint density at radius 3 is 2.06 bits per heavy atom. The summed E-state index contributed by atoms with van der Waals surface area (Å²) in [5, 5.41) is 4.09. The van der Waals surface area contributed by atoms with Crippen LogP contribution in [0.4, 0.5) is 0 Å². The van der Waals surface area contributed by atoms with Gasteiger partial charge in [-0.25, -0.2) is 0 Å². The minimum Gasteiger partial charge on any atom is -0.332 e. The van der Waals surface area contributed by atoms with Crippen LogP contribution in [-0.4, -0.2) is 10.8 Å². The molecule has 0 bridgehead atoms. The molecule has 2 heterocycles. The predicted molar refractivity (Wildman–Crippen MR) is 77.5 cm³/mol. The number of carbonyl (C=O) groups excluding carboxylic acids is 1. The van der Waals surface area contributed by atoms with Gasteiger partial charge in [-0.05, 0) is 29.3 Å². The molecule has 0 N–H and O–H groups in total. The van der Waals surface area contributed by atoms with Crippen LogP contribution in [0.3, 0.4) is 0 Å². The highest BCUT2D eigenvalue weighted by molar-refractivity contribution is 7.10. The average molecular weight is 278 g/mol. The van der Waals surface area contributed by atoms with Crippen molar-refractivity contribution in [1.29, 1.82) is 0 Å². The van der Waals surface area contributed by atoms with E-state index in [1.54, 1.807) is 22.7 Å². The van der Waals surface area contributed by atoms with Crippen molar-refractivity contribution in [2.75, 3.05) is 0 Å². The van der Waals surface area contributed by atoms with E-state index in [0.717, 1.165) is 0 Å². The summed E-state index contributed by atoms with van der Waals surface area (Å²) < 4.78 is 0. The molecule has 0 saturated heterocycles. The third kappa shape index (κ3) is 3.68. The third-order valence-corrected chi connectivity index (χ3v) is 4.32. The number of hydrogen-bond acceptors (Lipinski definition) is 3. The Labute approximate surface area is 116 Å². The van der Waals surface area contributed by atoms with Crippen LogP contribution in [0.15, 0.2) is 35.0 Å². The van der Waals surface area contributed by atoms with Crippen LogP contribution >= 0.6 is 22.7 Å². The zero-order valence-corrected chi connectivity index (χ0v) is 11.8. The number of rotatable bonds is 6. The van der Waals surface area contributed by atoms with Crippen molar-refractivity contribution >= 4 is 28.6 Å². The maximum absolute atomic E-state index is 12.1. The SMILES string of the molecule is [CH2]CCC(=O)N(Cc1cccs1)Cc1cccs1. The van der Waals surface area contributed by atoms with E-state index in [-0.39, 0.29) is 5.91 Å². The summed E-state index contributed by atoms with van der Waals surface area (Å²) in [7, 11) is 0. The van der Waals surface area contributed by atoms with Crippen molar-refractivity contribution < 1.29 is 4.79 Å². The molecule has 0 spiro atoms. The molecule has 0 atom stereocenters. The fraction of sp³-hybridized carbons (Fsp3) is 0.286. The van der Waals surface area contributed by atoms with Crippen molar-refractivity contribution in [1.82, 2.24) is 4.90 Å².